The molecule has 0 aliphatic rings. The van der Waals surface area contributed by atoms with Crippen molar-refractivity contribution in [3.8, 4) is 0 Å². The molecule has 0 amide bonds. The van der Waals surface area contributed by atoms with Gasteiger partial charge in [-0.25, -0.2) is 4.98 Å². The SMILES string of the molecule is Nc1cccc(CNc2nc[nH]c(=O)c2I)c1. The van der Waals surface area contributed by atoms with E-state index < -0.39 is 0 Å². The van der Waals surface area contributed by atoms with E-state index in [-0.39, 0.29) is 5.56 Å². The fraction of sp³-hybridized carbons (Fsp3) is 0.0909. The number of anilines is 2. The van der Waals surface area contributed by atoms with Crippen LogP contribution in [0.1, 0.15) is 5.56 Å². The van der Waals surface area contributed by atoms with Gasteiger partial charge in [-0.2, -0.15) is 0 Å². The van der Waals surface area contributed by atoms with Gasteiger partial charge in [-0.15, -0.1) is 0 Å². The number of hydrogen-bond acceptors (Lipinski definition) is 4. The highest BCUT2D eigenvalue weighted by atomic mass is 127. The molecule has 1 heterocycles. The zero-order chi connectivity index (χ0) is 12.3. The molecule has 6 heteroatoms. The van der Waals surface area contributed by atoms with Crippen LogP contribution in [0.25, 0.3) is 0 Å². The van der Waals surface area contributed by atoms with Gasteiger partial charge in [0.05, 0.1) is 6.33 Å². The number of nitrogens with one attached hydrogen (secondary N) is 2. The molecule has 1 aromatic carbocycles. The molecule has 0 radical (unpaired) electrons. The van der Waals surface area contributed by atoms with Gasteiger partial charge >= 0.3 is 0 Å². The second kappa shape index (κ2) is 5.17. The monoisotopic (exact) mass is 342 g/mol. The Balaban J connectivity index is 2.13. The Morgan fingerprint density at radius 1 is 1.47 bits per heavy atom. The Labute approximate surface area is 112 Å². The van der Waals surface area contributed by atoms with Crippen molar-refractivity contribution < 1.29 is 0 Å². The number of benzene rings is 1. The van der Waals surface area contributed by atoms with E-state index in [1.807, 2.05) is 46.9 Å². The van der Waals surface area contributed by atoms with Crippen LogP contribution in [0.3, 0.4) is 0 Å². The van der Waals surface area contributed by atoms with Gasteiger partial charge in [0.15, 0.2) is 0 Å². The first-order valence-electron chi connectivity index (χ1n) is 4.98. The fourth-order valence-corrected chi connectivity index (χ4v) is 1.88. The van der Waals surface area contributed by atoms with Gasteiger partial charge in [-0.3, -0.25) is 4.79 Å². The number of hydrogen-bond donors (Lipinski definition) is 3. The molecule has 0 unspecified atom stereocenters. The van der Waals surface area contributed by atoms with Crippen LogP contribution < -0.4 is 16.6 Å². The van der Waals surface area contributed by atoms with E-state index in [1.54, 1.807) is 0 Å². The van der Waals surface area contributed by atoms with Gasteiger partial charge in [0.1, 0.15) is 9.39 Å². The molecule has 0 fully saturated rings. The number of nitrogens with two attached hydrogens (primary N) is 1. The van der Waals surface area contributed by atoms with Crippen molar-refractivity contribution in [2.24, 2.45) is 0 Å². The van der Waals surface area contributed by atoms with Gasteiger partial charge in [-0.05, 0) is 40.3 Å². The summed E-state index contributed by atoms with van der Waals surface area (Å²) in [5.74, 6) is 0.580. The first-order chi connectivity index (χ1) is 8.16. The summed E-state index contributed by atoms with van der Waals surface area (Å²) in [4.78, 5) is 17.9. The number of aromatic nitrogens is 2. The van der Waals surface area contributed by atoms with Crippen LogP contribution in [0.2, 0.25) is 0 Å². The van der Waals surface area contributed by atoms with Crippen LogP contribution in [0, 0.1) is 3.57 Å². The van der Waals surface area contributed by atoms with Crippen LogP contribution in [0.5, 0.6) is 0 Å². The van der Waals surface area contributed by atoms with Crippen LogP contribution in [0.4, 0.5) is 11.5 Å². The molecule has 0 aliphatic heterocycles. The van der Waals surface area contributed by atoms with E-state index in [0.29, 0.717) is 15.9 Å². The molecule has 0 spiro atoms. The van der Waals surface area contributed by atoms with Gasteiger partial charge in [0, 0.05) is 12.2 Å². The van der Waals surface area contributed by atoms with Crippen molar-refractivity contribution in [2.75, 3.05) is 11.1 Å². The Bertz CT molecular complexity index is 582. The van der Waals surface area contributed by atoms with Crippen molar-refractivity contribution in [3.63, 3.8) is 0 Å². The summed E-state index contributed by atoms with van der Waals surface area (Å²) in [5, 5.41) is 3.10. The second-order valence-corrected chi connectivity index (χ2v) is 4.57. The Morgan fingerprint density at radius 3 is 3.06 bits per heavy atom. The third kappa shape index (κ3) is 2.96. The van der Waals surface area contributed by atoms with Crippen molar-refractivity contribution >= 4 is 34.1 Å². The zero-order valence-corrected chi connectivity index (χ0v) is 11.1. The first kappa shape index (κ1) is 11.9. The zero-order valence-electron chi connectivity index (χ0n) is 8.90. The molecule has 88 valence electrons. The topological polar surface area (TPSA) is 83.8 Å². The summed E-state index contributed by atoms with van der Waals surface area (Å²) in [7, 11) is 0. The molecular weight excluding hydrogens is 331 g/mol. The quantitative estimate of drug-likeness (QED) is 0.584. The van der Waals surface area contributed by atoms with Crippen LogP contribution >= 0.6 is 22.6 Å². The number of aromatic amines is 1. The summed E-state index contributed by atoms with van der Waals surface area (Å²) in [6.07, 6.45) is 1.38. The summed E-state index contributed by atoms with van der Waals surface area (Å²) in [6, 6.07) is 7.57. The molecule has 4 N–H and O–H groups in total. The number of rotatable bonds is 3. The van der Waals surface area contributed by atoms with E-state index in [4.69, 9.17) is 5.73 Å². The maximum absolute atomic E-state index is 11.3. The molecular formula is C11H11IN4O. The fourth-order valence-electron chi connectivity index (χ4n) is 1.40. The smallest absolute Gasteiger partial charge is 0.266 e. The van der Waals surface area contributed by atoms with E-state index in [2.05, 4.69) is 15.3 Å². The lowest BCUT2D eigenvalue weighted by Gasteiger charge is -2.07. The van der Waals surface area contributed by atoms with E-state index in [1.165, 1.54) is 6.33 Å². The highest BCUT2D eigenvalue weighted by molar-refractivity contribution is 14.1. The minimum absolute atomic E-state index is 0.143. The maximum atomic E-state index is 11.3. The number of H-pyrrole nitrogens is 1. The summed E-state index contributed by atoms with van der Waals surface area (Å²) >= 11 is 1.96. The molecule has 0 atom stereocenters. The minimum atomic E-state index is -0.143. The highest BCUT2D eigenvalue weighted by Crippen LogP contribution is 2.12. The predicted octanol–water partition coefficient (Wildman–Crippen LogP) is 1.57. The molecule has 0 bridgehead atoms. The number of halogens is 1. The van der Waals surface area contributed by atoms with Gasteiger partial charge < -0.3 is 16.0 Å². The van der Waals surface area contributed by atoms with Crippen LogP contribution in [-0.4, -0.2) is 9.97 Å². The molecule has 1 aromatic heterocycles. The largest absolute Gasteiger partial charge is 0.399 e. The Hall–Kier alpha value is -1.57. The highest BCUT2D eigenvalue weighted by Gasteiger charge is 2.04. The van der Waals surface area contributed by atoms with Crippen molar-refractivity contribution in [2.45, 2.75) is 6.54 Å². The van der Waals surface area contributed by atoms with Crippen LogP contribution in [0.15, 0.2) is 35.4 Å². The summed E-state index contributed by atoms with van der Waals surface area (Å²) in [6.45, 7) is 0.581. The lowest BCUT2D eigenvalue weighted by Crippen LogP contribution is -2.14. The average molecular weight is 342 g/mol. The predicted molar refractivity (Wildman–Crippen MR) is 75.8 cm³/mol. The van der Waals surface area contributed by atoms with Gasteiger partial charge in [0.2, 0.25) is 0 Å². The standard InChI is InChI=1S/C11H11IN4O/c12-9-10(15-6-16-11(9)17)14-5-7-2-1-3-8(13)4-7/h1-4,6H,5,13H2,(H2,14,15,16,17). The number of nitrogen functional groups attached to an aromatic ring is 1. The molecule has 0 saturated heterocycles. The van der Waals surface area contributed by atoms with Gasteiger partial charge in [0.25, 0.3) is 5.56 Å². The average Bonchev–Trinajstić information content (AvgIpc) is 2.31. The number of nitrogens with zero attached hydrogens (tertiary/aromatic N) is 1. The molecule has 2 rings (SSSR count). The summed E-state index contributed by atoms with van der Waals surface area (Å²) in [5.41, 5.74) is 7.30. The Morgan fingerprint density at radius 2 is 2.29 bits per heavy atom. The second-order valence-electron chi connectivity index (χ2n) is 3.49. The molecule has 2 aromatic rings. The molecule has 0 aliphatic carbocycles. The van der Waals surface area contributed by atoms with E-state index in [0.717, 1.165) is 11.3 Å². The molecule has 17 heavy (non-hydrogen) atoms. The normalized spacial score (nSPS) is 10.2. The van der Waals surface area contributed by atoms with Crippen LogP contribution in [-0.2, 0) is 6.54 Å². The van der Waals surface area contributed by atoms with Crippen molar-refractivity contribution in [3.05, 3.63) is 50.1 Å². The van der Waals surface area contributed by atoms with E-state index in [9.17, 15) is 4.79 Å². The Kier molecular flexibility index (Phi) is 3.62. The lowest BCUT2D eigenvalue weighted by atomic mass is 10.2. The van der Waals surface area contributed by atoms with Crippen molar-refractivity contribution in [1.29, 1.82) is 0 Å². The maximum Gasteiger partial charge on any atom is 0.266 e. The molecule has 5 nitrogen and oxygen atoms in total. The minimum Gasteiger partial charge on any atom is -0.399 e. The third-order valence-electron chi connectivity index (χ3n) is 2.21. The lowest BCUT2D eigenvalue weighted by molar-refractivity contribution is 1.05. The third-order valence-corrected chi connectivity index (χ3v) is 3.21. The van der Waals surface area contributed by atoms with Crippen molar-refractivity contribution in [1.82, 2.24) is 9.97 Å². The van der Waals surface area contributed by atoms with Gasteiger partial charge in [-0.1, -0.05) is 12.1 Å². The van der Waals surface area contributed by atoms with E-state index >= 15 is 0 Å². The first-order valence-corrected chi connectivity index (χ1v) is 6.06. The molecule has 0 saturated carbocycles. The summed E-state index contributed by atoms with van der Waals surface area (Å²) < 4.78 is 0.550.